The van der Waals surface area contributed by atoms with Gasteiger partial charge in [-0.1, -0.05) is 11.6 Å². The van der Waals surface area contributed by atoms with E-state index in [1.807, 2.05) is 0 Å². The third-order valence-electron chi connectivity index (χ3n) is 3.92. The van der Waals surface area contributed by atoms with Crippen molar-refractivity contribution in [2.75, 3.05) is 13.7 Å². The van der Waals surface area contributed by atoms with Gasteiger partial charge in [-0.05, 0) is 43.3 Å². The van der Waals surface area contributed by atoms with Gasteiger partial charge in [-0.2, -0.15) is 0 Å². The molecular formula is C20H19ClN2O5S. The fourth-order valence-electron chi connectivity index (χ4n) is 2.53. The summed E-state index contributed by atoms with van der Waals surface area (Å²) in [6, 6.07) is 11.3. The van der Waals surface area contributed by atoms with Crippen LogP contribution in [0, 0.1) is 0 Å². The topological polar surface area (TPSA) is 96.6 Å². The average molecular weight is 435 g/mol. The maximum Gasteiger partial charge on any atom is 0.331 e. The Labute approximate surface area is 175 Å². The van der Waals surface area contributed by atoms with Crippen LogP contribution in [0.5, 0.6) is 11.5 Å². The molecule has 0 spiro atoms. The molecule has 0 saturated carbocycles. The lowest BCUT2D eigenvalue weighted by Gasteiger charge is -2.14. The monoisotopic (exact) mass is 434 g/mol. The van der Waals surface area contributed by atoms with Gasteiger partial charge in [-0.25, -0.2) is 4.98 Å². The molecule has 0 aliphatic carbocycles. The van der Waals surface area contributed by atoms with E-state index in [4.69, 9.17) is 21.1 Å². The molecule has 1 aromatic heterocycles. The molecule has 1 unspecified atom stereocenters. The first-order valence-electron chi connectivity index (χ1n) is 8.65. The zero-order chi connectivity index (χ0) is 21.0. The van der Waals surface area contributed by atoms with Crippen molar-refractivity contribution in [3.05, 3.63) is 70.2 Å². The maximum absolute atomic E-state index is 12.9. The van der Waals surface area contributed by atoms with Gasteiger partial charge in [0.1, 0.15) is 6.61 Å². The summed E-state index contributed by atoms with van der Waals surface area (Å²) in [6.45, 7) is 1.72. The molecule has 0 saturated heterocycles. The summed E-state index contributed by atoms with van der Waals surface area (Å²) in [6.07, 6.45) is 2.26. The van der Waals surface area contributed by atoms with Gasteiger partial charge >= 0.3 is 10.6 Å². The molecule has 0 amide bonds. The molecule has 0 radical (unpaired) electrons. The second-order valence-electron chi connectivity index (χ2n) is 6.13. The lowest BCUT2D eigenvalue weighted by Crippen LogP contribution is -2.26. The van der Waals surface area contributed by atoms with Gasteiger partial charge in [-0.15, -0.1) is 0 Å². The zero-order valence-electron chi connectivity index (χ0n) is 15.7. The molecule has 2 atom stereocenters. The highest BCUT2D eigenvalue weighted by Crippen LogP contribution is 2.29. The number of aliphatic hydroxyl groups excluding tert-OH is 1. The van der Waals surface area contributed by atoms with Crippen LogP contribution in [-0.4, -0.2) is 39.0 Å². The minimum absolute atomic E-state index is 0.0942. The number of halogens is 1. The van der Waals surface area contributed by atoms with Crippen molar-refractivity contribution in [3.8, 4) is 17.2 Å². The van der Waals surface area contributed by atoms with Gasteiger partial charge in [0.15, 0.2) is 16.4 Å². The highest BCUT2D eigenvalue weighted by atomic mass is 35.5. The van der Waals surface area contributed by atoms with Gasteiger partial charge in [-0.3, -0.25) is 9.36 Å². The number of benzene rings is 2. The quantitative estimate of drug-likeness (QED) is 0.574. The summed E-state index contributed by atoms with van der Waals surface area (Å²) in [4.78, 5) is 17.4. The second-order valence-corrected chi connectivity index (χ2v) is 7.96. The van der Waals surface area contributed by atoms with Crippen LogP contribution in [0.1, 0.15) is 6.92 Å². The Morgan fingerprint density at radius 1 is 1.24 bits per heavy atom. The number of aromatic nitrogens is 2. The highest BCUT2D eigenvalue weighted by molar-refractivity contribution is 7.91. The number of aliphatic hydroxyl groups is 1. The van der Waals surface area contributed by atoms with Crippen molar-refractivity contribution in [1.29, 1.82) is 0 Å². The third-order valence-corrected chi connectivity index (χ3v) is 5.50. The Kier molecular flexibility index (Phi) is 6.81. The summed E-state index contributed by atoms with van der Waals surface area (Å²) < 4.78 is 25.0. The zero-order valence-corrected chi connectivity index (χ0v) is 17.3. The lowest BCUT2D eigenvalue weighted by atomic mass is 10.2. The van der Waals surface area contributed by atoms with Crippen LogP contribution >= 0.6 is 11.6 Å². The predicted molar refractivity (Wildman–Crippen MR) is 110 cm³/mol. The van der Waals surface area contributed by atoms with Crippen LogP contribution in [0.15, 0.2) is 69.6 Å². The van der Waals surface area contributed by atoms with Crippen molar-refractivity contribution in [2.45, 2.75) is 22.9 Å². The molecule has 9 heteroatoms. The molecule has 2 aromatic carbocycles. The van der Waals surface area contributed by atoms with Crippen LogP contribution in [0.3, 0.4) is 0 Å². The normalized spacial score (nSPS) is 13.0. The van der Waals surface area contributed by atoms with E-state index in [9.17, 15) is 14.5 Å². The Morgan fingerprint density at radius 3 is 2.62 bits per heavy atom. The number of hydrogen-bond donors (Lipinski definition) is 1. The van der Waals surface area contributed by atoms with E-state index >= 15 is 0 Å². The molecule has 152 valence electrons. The Morgan fingerprint density at radius 2 is 1.97 bits per heavy atom. The van der Waals surface area contributed by atoms with Crippen molar-refractivity contribution in [2.24, 2.45) is 0 Å². The molecule has 7 nitrogen and oxygen atoms in total. The van der Waals surface area contributed by atoms with E-state index in [2.05, 4.69) is 4.98 Å². The van der Waals surface area contributed by atoms with Crippen LogP contribution < -0.4 is 15.0 Å². The highest BCUT2D eigenvalue weighted by Gasteiger charge is 2.23. The minimum Gasteiger partial charge on any atom is -0.605 e. The fraction of sp³-hybridized carbons (Fsp3) is 0.200. The summed E-state index contributed by atoms with van der Waals surface area (Å²) in [5, 5.41) is 9.80. The van der Waals surface area contributed by atoms with Crippen molar-refractivity contribution in [1.82, 2.24) is 9.55 Å². The fourth-order valence-corrected chi connectivity index (χ4v) is 3.68. The van der Waals surface area contributed by atoms with Gasteiger partial charge in [0.05, 0.1) is 18.9 Å². The van der Waals surface area contributed by atoms with E-state index in [0.29, 0.717) is 27.1 Å². The summed E-state index contributed by atoms with van der Waals surface area (Å²) in [5.41, 5.74) is -0.0199. The smallest absolute Gasteiger partial charge is 0.331 e. The number of hydrogen-bond acceptors (Lipinski definition) is 6. The number of ether oxygens (including phenoxy) is 2. The number of nitrogens with zero attached hydrogens (tertiary/aromatic N) is 2. The van der Waals surface area contributed by atoms with Gasteiger partial charge in [0, 0.05) is 34.7 Å². The number of methoxy groups -OCH3 is 1. The van der Waals surface area contributed by atoms with E-state index in [-0.39, 0.29) is 11.6 Å². The molecule has 29 heavy (non-hydrogen) atoms. The first-order chi connectivity index (χ1) is 13.9. The van der Waals surface area contributed by atoms with Crippen molar-refractivity contribution in [3.63, 3.8) is 0 Å². The molecule has 1 N–H and O–H groups in total. The minimum atomic E-state index is -1.76. The molecule has 3 rings (SSSR count). The summed E-state index contributed by atoms with van der Waals surface area (Å²) in [5.74, 6) is 0.830. The molecular weight excluding hydrogens is 416 g/mol. The van der Waals surface area contributed by atoms with E-state index in [0.717, 1.165) is 0 Å². The Bertz CT molecular complexity index is 1040. The van der Waals surface area contributed by atoms with Crippen LogP contribution in [0.4, 0.5) is 0 Å². The van der Waals surface area contributed by atoms with Gasteiger partial charge in [0.2, 0.25) is 0 Å². The van der Waals surface area contributed by atoms with Crippen LogP contribution in [0.2, 0.25) is 5.02 Å². The first kappa shape index (κ1) is 21.2. The van der Waals surface area contributed by atoms with E-state index in [1.54, 1.807) is 49.4 Å². The SMILES string of the molecule is COc1cc(-n2ccnc([S+]([O-])c3ccc(Cl)cc3)c2=O)ccc1OC[C@@H](C)O. The predicted octanol–water partition coefficient (Wildman–Crippen LogP) is 2.82. The van der Waals surface area contributed by atoms with Gasteiger partial charge in [0.25, 0.3) is 0 Å². The van der Waals surface area contributed by atoms with Crippen molar-refractivity contribution >= 4 is 22.8 Å². The molecule has 0 fully saturated rings. The molecule has 0 bridgehead atoms. The third kappa shape index (κ3) is 4.91. The van der Waals surface area contributed by atoms with E-state index < -0.39 is 22.8 Å². The molecule has 0 aliphatic heterocycles. The molecule has 0 aliphatic rings. The molecule has 3 aromatic rings. The first-order valence-corrected chi connectivity index (χ1v) is 10.2. The summed E-state index contributed by atoms with van der Waals surface area (Å²) >= 11 is 4.11. The Hall–Kier alpha value is -2.52. The van der Waals surface area contributed by atoms with Crippen molar-refractivity contribution < 1.29 is 19.1 Å². The number of rotatable bonds is 7. The molecule has 1 heterocycles. The lowest BCUT2D eigenvalue weighted by molar-refractivity contribution is 0.120. The van der Waals surface area contributed by atoms with Crippen LogP contribution in [0.25, 0.3) is 5.69 Å². The van der Waals surface area contributed by atoms with Crippen LogP contribution in [-0.2, 0) is 11.2 Å². The van der Waals surface area contributed by atoms with Gasteiger partial charge < -0.3 is 19.1 Å². The summed E-state index contributed by atoms with van der Waals surface area (Å²) in [7, 11) is 1.48. The largest absolute Gasteiger partial charge is 0.605 e. The Balaban J connectivity index is 1.96. The average Bonchev–Trinajstić information content (AvgIpc) is 2.72. The van der Waals surface area contributed by atoms with E-state index in [1.165, 1.54) is 24.1 Å². The maximum atomic E-state index is 12.9. The standard InChI is InChI=1S/C20H19ClN2O5S/c1-13(24)12-28-17-8-5-15(11-18(17)27-2)23-10-9-22-19(20(23)25)29(26)16-6-3-14(21)4-7-16/h3-11,13,24H,12H2,1-2H3/t13-,29?/m1/s1. The second kappa shape index (κ2) is 9.32.